The van der Waals surface area contributed by atoms with Gasteiger partial charge in [-0.1, -0.05) is 13.8 Å². The molecule has 2 bridgehead atoms. The summed E-state index contributed by atoms with van der Waals surface area (Å²) in [7, 11) is 0. The summed E-state index contributed by atoms with van der Waals surface area (Å²) in [6, 6.07) is 0. The van der Waals surface area contributed by atoms with E-state index in [1.165, 1.54) is 0 Å². The minimum absolute atomic E-state index is 0.128. The fourth-order valence-corrected chi connectivity index (χ4v) is 6.00. The molecule has 4 aliphatic rings. The minimum Gasteiger partial charge on any atom is -0.491 e. The number of ketones is 2. The smallest absolute Gasteiger partial charge is 0.159 e. The topological polar surface area (TPSA) is 43.4 Å². The van der Waals surface area contributed by atoms with E-state index in [1.54, 1.807) is 6.08 Å². The molecule has 2 saturated carbocycles. The van der Waals surface area contributed by atoms with Crippen molar-refractivity contribution in [2.24, 2.45) is 29.1 Å². The van der Waals surface area contributed by atoms with Gasteiger partial charge in [-0.25, -0.2) is 0 Å². The first-order valence-electron chi connectivity index (χ1n) is 8.82. The van der Waals surface area contributed by atoms with Crippen molar-refractivity contribution in [1.29, 1.82) is 0 Å². The van der Waals surface area contributed by atoms with Crippen molar-refractivity contribution < 1.29 is 14.3 Å². The van der Waals surface area contributed by atoms with E-state index < -0.39 is 0 Å². The summed E-state index contributed by atoms with van der Waals surface area (Å²) in [6.07, 6.45) is 6.98. The predicted octanol–water partition coefficient (Wildman–Crippen LogP) is 3.67. The number of carbonyl (C=O) groups is 2. The Kier molecular flexibility index (Phi) is 2.93. The van der Waals surface area contributed by atoms with Gasteiger partial charge in [-0.3, -0.25) is 9.59 Å². The van der Waals surface area contributed by atoms with Crippen molar-refractivity contribution in [2.75, 3.05) is 0 Å². The molecule has 0 aromatic carbocycles. The molecule has 4 rings (SSSR count). The van der Waals surface area contributed by atoms with E-state index in [4.69, 9.17) is 4.74 Å². The van der Waals surface area contributed by atoms with Crippen LogP contribution in [0.3, 0.4) is 0 Å². The Morgan fingerprint density at radius 2 is 1.86 bits per heavy atom. The van der Waals surface area contributed by atoms with Gasteiger partial charge in [-0.05, 0) is 44.4 Å². The van der Waals surface area contributed by atoms with E-state index in [0.717, 1.165) is 37.9 Å². The largest absolute Gasteiger partial charge is 0.491 e. The molecule has 2 aliphatic heterocycles. The van der Waals surface area contributed by atoms with Gasteiger partial charge >= 0.3 is 0 Å². The van der Waals surface area contributed by atoms with Crippen LogP contribution < -0.4 is 0 Å². The molecule has 0 amide bonds. The van der Waals surface area contributed by atoms with Crippen LogP contribution in [0.15, 0.2) is 11.8 Å². The van der Waals surface area contributed by atoms with Crippen LogP contribution in [0.25, 0.3) is 0 Å². The normalized spacial score (nSPS) is 50.6. The van der Waals surface area contributed by atoms with E-state index in [1.807, 2.05) is 0 Å². The molecule has 0 aromatic rings. The number of hydrogen-bond acceptors (Lipinski definition) is 3. The Labute approximate surface area is 132 Å². The monoisotopic (exact) mass is 302 g/mol. The maximum Gasteiger partial charge on any atom is 0.159 e. The van der Waals surface area contributed by atoms with Crippen LogP contribution in [0.2, 0.25) is 0 Å². The first-order valence-corrected chi connectivity index (χ1v) is 8.82. The molecular weight excluding hydrogens is 276 g/mol. The van der Waals surface area contributed by atoms with Crippen molar-refractivity contribution in [3.05, 3.63) is 11.8 Å². The molecule has 3 fully saturated rings. The summed E-state index contributed by atoms with van der Waals surface area (Å²) in [6.45, 7) is 6.59. The third-order valence-electron chi connectivity index (χ3n) is 7.37. The number of ether oxygens (including phenoxy) is 1. The summed E-state index contributed by atoms with van der Waals surface area (Å²) >= 11 is 0. The summed E-state index contributed by atoms with van der Waals surface area (Å²) < 4.78 is 6.35. The van der Waals surface area contributed by atoms with Gasteiger partial charge in [0.15, 0.2) is 5.78 Å². The first kappa shape index (κ1) is 14.5. The molecule has 3 nitrogen and oxygen atoms in total. The van der Waals surface area contributed by atoms with Gasteiger partial charge in [0.2, 0.25) is 0 Å². The van der Waals surface area contributed by atoms with Crippen LogP contribution >= 0.6 is 0 Å². The molecule has 0 spiro atoms. The number of rotatable bonds is 0. The Balaban J connectivity index is 1.79. The number of Topliss-reactive ketones (excluding diaryl/α,β-unsaturated/α-hetero) is 1. The highest BCUT2D eigenvalue weighted by Gasteiger charge is 2.61. The summed E-state index contributed by atoms with van der Waals surface area (Å²) in [4.78, 5) is 24.5. The van der Waals surface area contributed by atoms with Crippen LogP contribution in [0, 0.1) is 29.1 Å². The van der Waals surface area contributed by atoms with E-state index in [2.05, 4.69) is 20.8 Å². The fourth-order valence-electron chi connectivity index (χ4n) is 6.00. The molecule has 6 atom stereocenters. The SMILES string of the molecule is CC1C2=CC(=O)CCC(C)(O2)C2CCC3(C)C(=O)CCC3C12. The lowest BCUT2D eigenvalue weighted by molar-refractivity contribution is -0.165. The molecule has 2 heterocycles. The Bertz CT molecular complexity index is 577. The lowest BCUT2D eigenvalue weighted by Gasteiger charge is -2.57. The Morgan fingerprint density at radius 3 is 2.64 bits per heavy atom. The van der Waals surface area contributed by atoms with E-state index in [0.29, 0.717) is 30.0 Å². The number of fused-ring (bicyclic) bond motifs is 6. The molecule has 0 N–H and O–H groups in total. The third kappa shape index (κ3) is 1.74. The van der Waals surface area contributed by atoms with Crippen LogP contribution in [0.5, 0.6) is 0 Å². The van der Waals surface area contributed by atoms with Crippen LogP contribution in [0.4, 0.5) is 0 Å². The van der Waals surface area contributed by atoms with E-state index >= 15 is 0 Å². The highest BCUT2D eigenvalue weighted by molar-refractivity contribution is 5.90. The van der Waals surface area contributed by atoms with Crippen molar-refractivity contribution in [3.8, 4) is 0 Å². The predicted molar refractivity (Wildman–Crippen MR) is 83.0 cm³/mol. The second kappa shape index (κ2) is 4.46. The first-order chi connectivity index (χ1) is 10.3. The summed E-state index contributed by atoms with van der Waals surface area (Å²) in [5.41, 5.74) is -0.348. The average molecular weight is 302 g/mol. The molecule has 0 aromatic heterocycles. The lowest BCUT2D eigenvalue weighted by Crippen LogP contribution is -2.55. The van der Waals surface area contributed by atoms with Gasteiger partial charge < -0.3 is 4.74 Å². The van der Waals surface area contributed by atoms with Crippen LogP contribution in [-0.4, -0.2) is 17.2 Å². The second-order valence-corrected chi connectivity index (χ2v) is 8.42. The zero-order chi connectivity index (χ0) is 15.7. The highest BCUT2D eigenvalue weighted by Crippen LogP contribution is 2.62. The molecule has 1 saturated heterocycles. The molecular formula is C19H26O3. The molecule has 3 heteroatoms. The number of hydrogen-bond donors (Lipinski definition) is 0. The highest BCUT2D eigenvalue weighted by atomic mass is 16.5. The van der Waals surface area contributed by atoms with Gasteiger partial charge in [0.05, 0.1) is 0 Å². The molecule has 0 radical (unpaired) electrons. The maximum absolute atomic E-state index is 12.5. The molecule has 22 heavy (non-hydrogen) atoms. The van der Waals surface area contributed by atoms with Gasteiger partial charge in [0.25, 0.3) is 0 Å². The van der Waals surface area contributed by atoms with Crippen molar-refractivity contribution >= 4 is 11.6 Å². The van der Waals surface area contributed by atoms with Crippen molar-refractivity contribution in [3.63, 3.8) is 0 Å². The minimum atomic E-state index is -0.220. The standard InChI is InChI=1S/C19H26O3/c1-11-15-10-12(20)6-9-19(3,22-15)14-7-8-18(2)13(17(11)14)4-5-16(18)21/h10-11,13-14,17H,4-9H2,1-3H3. The quantitative estimate of drug-likeness (QED) is 0.685. The number of carbonyl (C=O) groups excluding carboxylic acids is 2. The maximum atomic E-state index is 12.5. The molecule has 6 unspecified atom stereocenters. The van der Waals surface area contributed by atoms with Gasteiger partial charge in [-0.15, -0.1) is 0 Å². The van der Waals surface area contributed by atoms with Crippen molar-refractivity contribution in [2.45, 2.75) is 64.9 Å². The van der Waals surface area contributed by atoms with Crippen molar-refractivity contribution in [1.82, 2.24) is 0 Å². The Hall–Kier alpha value is -1.12. The van der Waals surface area contributed by atoms with Crippen LogP contribution in [-0.2, 0) is 14.3 Å². The zero-order valence-corrected chi connectivity index (χ0v) is 13.9. The second-order valence-electron chi connectivity index (χ2n) is 8.42. The average Bonchev–Trinajstić information content (AvgIpc) is 2.69. The number of allylic oxidation sites excluding steroid dienone is 2. The molecule has 120 valence electrons. The summed E-state index contributed by atoms with van der Waals surface area (Å²) in [5.74, 6) is 3.25. The van der Waals surface area contributed by atoms with E-state index in [-0.39, 0.29) is 22.7 Å². The van der Waals surface area contributed by atoms with Gasteiger partial charge in [0.1, 0.15) is 17.1 Å². The Morgan fingerprint density at radius 1 is 1.09 bits per heavy atom. The lowest BCUT2D eigenvalue weighted by atomic mass is 9.52. The summed E-state index contributed by atoms with van der Waals surface area (Å²) in [5, 5.41) is 0. The van der Waals surface area contributed by atoms with Gasteiger partial charge in [-0.2, -0.15) is 0 Å². The van der Waals surface area contributed by atoms with Crippen LogP contribution in [0.1, 0.15) is 59.3 Å². The fraction of sp³-hybridized carbons (Fsp3) is 0.789. The van der Waals surface area contributed by atoms with E-state index in [9.17, 15) is 9.59 Å². The third-order valence-corrected chi connectivity index (χ3v) is 7.37. The van der Waals surface area contributed by atoms with Gasteiger partial charge in [0, 0.05) is 36.2 Å². The zero-order valence-electron chi connectivity index (χ0n) is 13.9. The molecule has 2 aliphatic carbocycles.